The first-order valence-corrected chi connectivity index (χ1v) is 7.79. The highest BCUT2D eigenvalue weighted by molar-refractivity contribution is 6.39. The van der Waals surface area contributed by atoms with Gasteiger partial charge in [-0.2, -0.15) is 0 Å². The molecule has 8 nitrogen and oxygen atoms in total. The van der Waals surface area contributed by atoms with E-state index in [2.05, 4.69) is 10.1 Å². The first-order chi connectivity index (χ1) is 12.9. The summed E-state index contributed by atoms with van der Waals surface area (Å²) in [5.74, 6) is -2.14. The van der Waals surface area contributed by atoms with Gasteiger partial charge < -0.3 is 9.84 Å². The number of benzene rings is 2. The van der Waals surface area contributed by atoms with Crippen LogP contribution in [0.5, 0.6) is 5.75 Å². The molecule has 1 saturated heterocycles. The number of esters is 1. The molecule has 0 spiro atoms. The molecule has 0 radical (unpaired) electrons. The molecule has 0 unspecified atom stereocenters. The fourth-order valence-corrected chi connectivity index (χ4v) is 2.49. The van der Waals surface area contributed by atoms with Crippen molar-refractivity contribution in [3.8, 4) is 5.75 Å². The van der Waals surface area contributed by atoms with Crippen molar-refractivity contribution in [2.75, 3.05) is 12.0 Å². The number of rotatable bonds is 3. The number of barbiturate groups is 1. The van der Waals surface area contributed by atoms with E-state index in [1.165, 1.54) is 61.7 Å². The Labute approximate surface area is 153 Å². The number of imide groups is 2. The van der Waals surface area contributed by atoms with E-state index in [-0.39, 0.29) is 22.6 Å². The topological polar surface area (TPSA) is 113 Å². The van der Waals surface area contributed by atoms with Crippen LogP contribution in [0, 0.1) is 0 Å². The molecule has 4 amide bonds. The number of carbonyl (C=O) groups is 4. The molecule has 1 aliphatic heterocycles. The van der Waals surface area contributed by atoms with Crippen molar-refractivity contribution < 1.29 is 29.0 Å². The Hall–Kier alpha value is -3.94. The summed E-state index contributed by atoms with van der Waals surface area (Å²) in [6.45, 7) is 0. The molecular formula is C19H14N2O6. The van der Waals surface area contributed by atoms with Gasteiger partial charge in [-0.15, -0.1) is 0 Å². The minimum Gasteiger partial charge on any atom is -0.508 e. The predicted molar refractivity (Wildman–Crippen MR) is 94.9 cm³/mol. The highest BCUT2D eigenvalue weighted by atomic mass is 16.5. The maximum Gasteiger partial charge on any atom is 0.337 e. The van der Waals surface area contributed by atoms with Gasteiger partial charge in [0.25, 0.3) is 11.8 Å². The zero-order chi connectivity index (χ0) is 19.6. The third-order valence-corrected chi connectivity index (χ3v) is 3.85. The maximum absolute atomic E-state index is 12.7. The number of hydrogen-bond acceptors (Lipinski definition) is 6. The SMILES string of the molecule is COC(=O)c1ccc(N2C(=O)NC(=O)/C(=C/c3ccc(O)cc3)C2=O)cc1. The third-order valence-electron chi connectivity index (χ3n) is 3.85. The summed E-state index contributed by atoms with van der Waals surface area (Å²) in [6, 6.07) is 10.6. The van der Waals surface area contributed by atoms with Crippen LogP contribution in [-0.2, 0) is 14.3 Å². The summed E-state index contributed by atoms with van der Waals surface area (Å²) < 4.78 is 4.60. The number of urea groups is 1. The lowest BCUT2D eigenvalue weighted by Crippen LogP contribution is -2.54. The molecule has 27 heavy (non-hydrogen) atoms. The summed E-state index contributed by atoms with van der Waals surface area (Å²) in [5.41, 5.74) is 0.704. The molecule has 1 heterocycles. The van der Waals surface area contributed by atoms with E-state index in [4.69, 9.17) is 0 Å². The highest BCUT2D eigenvalue weighted by Gasteiger charge is 2.36. The number of ether oxygens (including phenoxy) is 1. The molecule has 3 rings (SSSR count). The number of amides is 4. The Kier molecular flexibility index (Phi) is 4.71. The van der Waals surface area contributed by atoms with Gasteiger partial charge >= 0.3 is 12.0 Å². The van der Waals surface area contributed by atoms with Gasteiger partial charge in [0.2, 0.25) is 0 Å². The van der Waals surface area contributed by atoms with E-state index in [9.17, 15) is 24.3 Å². The largest absolute Gasteiger partial charge is 0.508 e. The smallest absolute Gasteiger partial charge is 0.337 e. The number of nitrogens with one attached hydrogen (secondary N) is 1. The first-order valence-electron chi connectivity index (χ1n) is 7.79. The first kappa shape index (κ1) is 17.9. The van der Waals surface area contributed by atoms with Crippen LogP contribution < -0.4 is 10.2 Å². The van der Waals surface area contributed by atoms with E-state index >= 15 is 0 Å². The van der Waals surface area contributed by atoms with Crippen molar-refractivity contribution in [3.63, 3.8) is 0 Å². The van der Waals surface area contributed by atoms with Crippen LogP contribution in [0.1, 0.15) is 15.9 Å². The molecule has 136 valence electrons. The average Bonchev–Trinajstić information content (AvgIpc) is 2.66. The van der Waals surface area contributed by atoms with Crippen LogP contribution in [-0.4, -0.2) is 36.0 Å². The number of phenolic OH excluding ortho intramolecular Hbond substituents is 1. The summed E-state index contributed by atoms with van der Waals surface area (Å²) in [4.78, 5) is 49.3. The molecule has 0 aromatic heterocycles. The quantitative estimate of drug-likeness (QED) is 0.487. The molecule has 0 bridgehead atoms. The number of phenols is 1. The maximum atomic E-state index is 12.7. The minimum atomic E-state index is -0.890. The Bertz CT molecular complexity index is 961. The van der Waals surface area contributed by atoms with Gasteiger partial charge in [0.1, 0.15) is 11.3 Å². The molecule has 1 aliphatic rings. The second-order valence-corrected chi connectivity index (χ2v) is 5.59. The lowest BCUT2D eigenvalue weighted by molar-refractivity contribution is -0.122. The third kappa shape index (κ3) is 3.54. The monoisotopic (exact) mass is 366 g/mol. The van der Waals surface area contributed by atoms with Gasteiger partial charge in [-0.1, -0.05) is 12.1 Å². The Morgan fingerprint density at radius 2 is 1.67 bits per heavy atom. The van der Waals surface area contributed by atoms with E-state index in [1.807, 2.05) is 0 Å². The lowest BCUT2D eigenvalue weighted by atomic mass is 10.1. The molecule has 1 fully saturated rings. The van der Waals surface area contributed by atoms with Crippen molar-refractivity contribution in [2.24, 2.45) is 0 Å². The summed E-state index contributed by atoms with van der Waals surface area (Å²) in [6.07, 6.45) is 1.32. The number of methoxy groups -OCH3 is 1. The molecule has 2 aromatic rings. The number of aromatic hydroxyl groups is 1. The second kappa shape index (κ2) is 7.12. The van der Waals surface area contributed by atoms with Gasteiger partial charge in [0.15, 0.2) is 0 Å². The van der Waals surface area contributed by atoms with Crippen molar-refractivity contribution in [2.45, 2.75) is 0 Å². The van der Waals surface area contributed by atoms with Gasteiger partial charge in [-0.05, 0) is 48.0 Å². The molecular weight excluding hydrogens is 352 g/mol. The van der Waals surface area contributed by atoms with Crippen LogP contribution in [0.4, 0.5) is 10.5 Å². The highest BCUT2D eigenvalue weighted by Crippen LogP contribution is 2.23. The van der Waals surface area contributed by atoms with Crippen LogP contribution in [0.2, 0.25) is 0 Å². The molecule has 8 heteroatoms. The van der Waals surface area contributed by atoms with Crippen molar-refractivity contribution >= 4 is 35.6 Å². The van der Waals surface area contributed by atoms with E-state index in [1.54, 1.807) is 0 Å². The van der Waals surface area contributed by atoms with Gasteiger partial charge in [0, 0.05) is 0 Å². The Morgan fingerprint density at radius 1 is 1.04 bits per heavy atom. The molecule has 0 atom stereocenters. The molecule has 2 aromatic carbocycles. The lowest BCUT2D eigenvalue weighted by Gasteiger charge is -2.26. The van der Waals surface area contributed by atoms with E-state index < -0.39 is 23.8 Å². The van der Waals surface area contributed by atoms with Gasteiger partial charge in [0.05, 0.1) is 18.4 Å². The summed E-state index contributed by atoms with van der Waals surface area (Å²) >= 11 is 0. The number of carbonyl (C=O) groups excluding carboxylic acids is 4. The normalized spacial score (nSPS) is 15.7. The van der Waals surface area contributed by atoms with E-state index in [0.29, 0.717) is 5.56 Å². The zero-order valence-electron chi connectivity index (χ0n) is 14.1. The van der Waals surface area contributed by atoms with Crippen molar-refractivity contribution in [1.82, 2.24) is 5.32 Å². The standard InChI is InChI=1S/C19H14N2O6/c1-27-18(25)12-4-6-13(7-5-12)21-17(24)15(16(23)20-19(21)26)10-11-2-8-14(22)9-3-11/h2-10,22H,1H3,(H,20,23,26)/b15-10-. The van der Waals surface area contributed by atoms with Gasteiger partial charge in [-0.3, -0.25) is 14.9 Å². The zero-order valence-corrected chi connectivity index (χ0v) is 14.1. The Balaban J connectivity index is 1.95. The second-order valence-electron chi connectivity index (χ2n) is 5.59. The van der Waals surface area contributed by atoms with Crippen molar-refractivity contribution in [3.05, 3.63) is 65.2 Å². The van der Waals surface area contributed by atoms with Crippen molar-refractivity contribution in [1.29, 1.82) is 0 Å². The average molecular weight is 366 g/mol. The summed E-state index contributed by atoms with van der Waals surface area (Å²) in [7, 11) is 1.24. The minimum absolute atomic E-state index is 0.0408. The summed E-state index contributed by atoms with van der Waals surface area (Å²) in [5, 5.41) is 11.4. The fraction of sp³-hybridized carbons (Fsp3) is 0.0526. The van der Waals surface area contributed by atoms with Gasteiger partial charge in [-0.25, -0.2) is 14.5 Å². The van der Waals surface area contributed by atoms with E-state index in [0.717, 1.165) is 4.90 Å². The molecule has 2 N–H and O–H groups in total. The Morgan fingerprint density at radius 3 is 2.26 bits per heavy atom. The fourth-order valence-electron chi connectivity index (χ4n) is 2.49. The van der Waals surface area contributed by atoms with Crippen LogP contribution in [0.15, 0.2) is 54.1 Å². The molecule has 0 saturated carbocycles. The van der Waals surface area contributed by atoms with Crippen LogP contribution >= 0.6 is 0 Å². The number of nitrogens with zero attached hydrogens (tertiary/aromatic N) is 1. The predicted octanol–water partition coefficient (Wildman–Crippen LogP) is 1.85. The molecule has 0 aliphatic carbocycles. The van der Waals surface area contributed by atoms with Crippen LogP contribution in [0.25, 0.3) is 6.08 Å². The number of anilines is 1. The van der Waals surface area contributed by atoms with Crippen LogP contribution in [0.3, 0.4) is 0 Å². The number of hydrogen-bond donors (Lipinski definition) is 2.